The molecule has 4 aliphatic rings. The van der Waals surface area contributed by atoms with E-state index in [4.69, 9.17) is 0 Å². The Balaban J connectivity index is 1.07. The zero-order valence-corrected chi connectivity index (χ0v) is 44.9. The third-order valence-corrected chi connectivity index (χ3v) is 16.9. The average molecular weight is 1010 g/mol. The maximum Gasteiger partial charge on any atom is 0.252 e. The minimum Gasteiger partial charge on any atom is -0.311 e. The molecule has 5 nitrogen and oxygen atoms in total. The molecule has 4 aliphatic heterocycles. The first-order valence-electron chi connectivity index (χ1n) is 28.0. The van der Waals surface area contributed by atoms with Gasteiger partial charge in [-0.3, -0.25) is 0 Å². The monoisotopic (exact) mass is 1010 g/mol. The number of benzene rings is 11. The summed E-state index contributed by atoms with van der Waals surface area (Å²) in [5.41, 5.74) is 27.8. The van der Waals surface area contributed by atoms with E-state index >= 15 is 0 Å². The highest BCUT2D eigenvalue weighted by molar-refractivity contribution is 7.03. The van der Waals surface area contributed by atoms with E-state index in [9.17, 15) is 0 Å². The molecule has 7 heteroatoms. The highest BCUT2D eigenvalue weighted by Gasteiger charge is 2.48. The Labute approximate surface area is 465 Å². The highest BCUT2D eigenvalue weighted by Crippen LogP contribution is 2.52. The van der Waals surface area contributed by atoms with Crippen LogP contribution in [-0.4, -0.2) is 13.4 Å². The van der Waals surface area contributed by atoms with Crippen LogP contribution < -0.4 is 57.3 Å². The van der Waals surface area contributed by atoms with Gasteiger partial charge in [0.15, 0.2) is 0 Å². The standard InChI is InChI=1S/C72H57B2N5/c1-48(2)55-34-17-21-38-61(55)79(62-39-22-18-35-56(62)49(3)4)54-44-69-72-70(45-54)78(53-32-15-8-16-33-53)68-47-67-59(46-60(68)74(72)58-37-20-24-41-64(58)76(69)51-28-11-6-12-29-51)73-57-36-19-23-40-63(57)75(50-26-9-5-10-27-50)65-42-25-43-66(71(65)73)77(67)52-30-13-7-14-31-52/h5-49H,1-4H3. The molecule has 0 radical (unpaired) electrons. The zero-order chi connectivity index (χ0) is 52.9. The summed E-state index contributed by atoms with van der Waals surface area (Å²) < 4.78 is 0. The molecular formula is C72H57B2N5. The van der Waals surface area contributed by atoms with Crippen LogP contribution in [0.25, 0.3) is 0 Å². The van der Waals surface area contributed by atoms with Crippen molar-refractivity contribution < 1.29 is 0 Å². The van der Waals surface area contributed by atoms with Crippen molar-refractivity contribution in [1.82, 2.24) is 0 Å². The number of anilines is 15. The zero-order valence-electron chi connectivity index (χ0n) is 44.9. The topological polar surface area (TPSA) is 16.2 Å². The third kappa shape index (κ3) is 7.26. The molecule has 0 aromatic heterocycles. The molecule has 0 N–H and O–H groups in total. The van der Waals surface area contributed by atoms with Gasteiger partial charge in [-0.1, -0.05) is 185 Å². The van der Waals surface area contributed by atoms with Crippen LogP contribution in [0.4, 0.5) is 85.3 Å². The van der Waals surface area contributed by atoms with E-state index < -0.39 is 0 Å². The second-order valence-electron chi connectivity index (χ2n) is 22.0. The van der Waals surface area contributed by atoms with Gasteiger partial charge in [0.25, 0.3) is 13.4 Å². The van der Waals surface area contributed by atoms with Gasteiger partial charge in [0, 0.05) is 79.6 Å². The second-order valence-corrected chi connectivity index (χ2v) is 22.0. The number of para-hydroxylation sites is 8. The van der Waals surface area contributed by atoms with Crippen molar-refractivity contribution in [3.05, 3.63) is 272 Å². The predicted molar refractivity (Wildman–Crippen MR) is 337 cm³/mol. The van der Waals surface area contributed by atoms with Crippen molar-refractivity contribution in [3.8, 4) is 0 Å². The Morgan fingerprint density at radius 3 is 1.04 bits per heavy atom. The summed E-state index contributed by atoms with van der Waals surface area (Å²) in [5, 5.41) is 0. The Kier molecular flexibility index (Phi) is 11.0. The van der Waals surface area contributed by atoms with Gasteiger partial charge in [-0.15, -0.1) is 0 Å². The second kappa shape index (κ2) is 18.6. The number of fused-ring (bicyclic) bond motifs is 8. The minimum atomic E-state index is -0.115. The van der Waals surface area contributed by atoms with E-state index in [1.165, 1.54) is 95.1 Å². The van der Waals surface area contributed by atoms with Crippen LogP contribution >= 0.6 is 0 Å². The molecule has 376 valence electrons. The number of rotatable bonds is 9. The smallest absolute Gasteiger partial charge is 0.252 e. The molecule has 0 spiro atoms. The molecule has 0 fully saturated rings. The molecule has 0 bridgehead atoms. The lowest BCUT2D eigenvalue weighted by atomic mass is 9.30. The molecule has 0 amide bonds. The van der Waals surface area contributed by atoms with Crippen molar-refractivity contribution in [2.45, 2.75) is 39.5 Å². The summed E-state index contributed by atoms with van der Waals surface area (Å²) in [6.07, 6.45) is 0. The van der Waals surface area contributed by atoms with Gasteiger partial charge in [0.1, 0.15) is 0 Å². The molecule has 15 rings (SSSR count). The predicted octanol–water partition coefficient (Wildman–Crippen LogP) is 15.6. The molecule has 4 heterocycles. The number of hydrogen-bond acceptors (Lipinski definition) is 5. The Bertz CT molecular complexity index is 4100. The van der Waals surface area contributed by atoms with E-state index in [0.29, 0.717) is 0 Å². The van der Waals surface area contributed by atoms with E-state index in [2.05, 4.69) is 313 Å². The fraction of sp³-hybridized carbons (Fsp3) is 0.0833. The first kappa shape index (κ1) is 46.8. The molecule has 0 saturated carbocycles. The summed E-state index contributed by atoms with van der Waals surface area (Å²) in [7, 11) is 0. The lowest BCUT2D eigenvalue weighted by Crippen LogP contribution is -2.65. The fourth-order valence-corrected chi connectivity index (χ4v) is 13.6. The Morgan fingerprint density at radius 2 is 0.608 bits per heavy atom. The molecule has 79 heavy (non-hydrogen) atoms. The first-order chi connectivity index (χ1) is 38.9. The SMILES string of the molecule is CC(C)c1ccccc1N(c1cc2c3c(c1)N(c1ccccc1)c1cc4c(cc1B3c1ccccc1N2c1ccccc1)B1c2ccccc2N(c2ccccc2)c2cccc(c21)N4c1ccccc1)c1ccccc1C(C)C. The molecule has 11 aromatic rings. The summed E-state index contributed by atoms with van der Waals surface area (Å²) in [6, 6.07) is 97.5. The molecule has 11 aromatic carbocycles. The molecule has 0 aliphatic carbocycles. The molecule has 0 saturated heterocycles. The van der Waals surface area contributed by atoms with Gasteiger partial charge in [0.2, 0.25) is 0 Å². The van der Waals surface area contributed by atoms with E-state index in [0.717, 1.165) is 34.1 Å². The van der Waals surface area contributed by atoms with Crippen LogP contribution in [0.2, 0.25) is 0 Å². The quantitative estimate of drug-likeness (QED) is 0.134. The minimum absolute atomic E-state index is 0.0497. The maximum absolute atomic E-state index is 2.63. The van der Waals surface area contributed by atoms with E-state index in [-0.39, 0.29) is 25.3 Å². The average Bonchev–Trinajstić information content (AvgIpc) is 3.14. The first-order valence-corrected chi connectivity index (χ1v) is 28.0. The Hall–Kier alpha value is -9.45. The molecule has 0 unspecified atom stereocenters. The van der Waals surface area contributed by atoms with Crippen molar-refractivity contribution in [3.63, 3.8) is 0 Å². The summed E-state index contributed by atoms with van der Waals surface area (Å²) in [4.78, 5) is 12.7. The van der Waals surface area contributed by atoms with Crippen molar-refractivity contribution in [2.24, 2.45) is 0 Å². The van der Waals surface area contributed by atoms with Crippen LogP contribution in [-0.2, 0) is 0 Å². The van der Waals surface area contributed by atoms with E-state index in [1.807, 2.05) is 0 Å². The van der Waals surface area contributed by atoms with Gasteiger partial charge >= 0.3 is 0 Å². The van der Waals surface area contributed by atoms with Gasteiger partial charge in [0.05, 0.1) is 5.69 Å². The van der Waals surface area contributed by atoms with Crippen LogP contribution in [0.15, 0.2) is 261 Å². The maximum atomic E-state index is 2.63. The van der Waals surface area contributed by atoms with Crippen LogP contribution in [0, 0.1) is 0 Å². The van der Waals surface area contributed by atoms with Gasteiger partial charge in [-0.25, -0.2) is 0 Å². The lowest BCUT2D eigenvalue weighted by Gasteiger charge is -2.47. The molecule has 0 atom stereocenters. The largest absolute Gasteiger partial charge is 0.311 e. The van der Waals surface area contributed by atoms with Crippen molar-refractivity contribution in [2.75, 3.05) is 24.5 Å². The normalized spacial score (nSPS) is 13.4. The van der Waals surface area contributed by atoms with Crippen molar-refractivity contribution >= 4 is 132 Å². The summed E-state index contributed by atoms with van der Waals surface area (Å²) in [5.74, 6) is 0.561. The van der Waals surface area contributed by atoms with E-state index in [1.54, 1.807) is 0 Å². The number of hydrogen-bond donors (Lipinski definition) is 0. The van der Waals surface area contributed by atoms with Crippen LogP contribution in [0.1, 0.15) is 50.7 Å². The van der Waals surface area contributed by atoms with Crippen molar-refractivity contribution in [1.29, 1.82) is 0 Å². The van der Waals surface area contributed by atoms with Gasteiger partial charge < -0.3 is 24.5 Å². The summed E-state index contributed by atoms with van der Waals surface area (Å²) >= 11 is 0. The Morgan fingerprint density at radius 1 is 0.278 bits per heavy atom. The fourth-order valence-electron chi connectivity index (χ4n) is 13.6. The third-order valence-electron chi connectivity index (χ3n) is 16.9. The lowest BCUT2D eigenvalue weighted by molar-refractivity contribution is 0.854. The number of nitrogens with zero attached hydrogens (tertiary/aromatic N) is 5. The van der Waals surface area contributed by atoms with Crippen LogP contribution in [0.5, 0.6) is 0 Å². The van der Waals surface area contributed by atoms with Gasteiger partial charge in [-0.2, -0.15) is 0 Å². The summed E-state index contributed by atoms with van der Waals surface area (Å²) in [6.45, 7) is 9.11. The highest BCUT2D eigenvalue weighted by atomic mass is 15.2. The van der Waals surface area contributed by atoms with Crippen LogP contribution in [0.3, 0.4) is 0 Å². The van der Waals surface area contributed by atoms with Gasteiger partial charge in [-0.05, 0) is 159 Å². The molecular weight excluding hydrogens is 956 g/mol.